The fourth-order valence-electron chi connectivity index (χ4n) is 5.49. The van der Waals surface area contributed by atoms with E-state index in [-0.39, 0.29) is 17.3 Å². The van der Waals surface area contributed by atoms with E-state index in [1.165, 1.54) is 29.0 Å². The highest BCUT2D eigenvalue weighted by Crippen LogP contribution is 2.41. The monoisotopic (exact) mass is 687 g/mol. The van der Waals surface area contributed by atoms with E-state index in [1.54, 1.807) is 24.3 Å². The molecule has 0 spiro atoms. The molecule has 0 unspecified atom stereocenters. The lowest BCUT2D eigenvalue weighted by Crippen LogP contribution is -2.38. The number of aryl methyl sites for hydroxylation is 1. The van der Waals surface area contributed by atoms with Crippen molar-refractivity contribution >= 4 is 60.7 Å². The van der Waals surface area contributed by atoms with E-state index in [0.717, 1.165) is 39.7 Å². The lowest BCUT2D eigenvalue weighted by Gasteiger charge is -2.30. The second-order valence-electron chi connectivity index (χ2n) is 9.79. The van der Waals surface area contributed by atoms with Gasteiger partial charge in [0.25, 0.3) is 11.2 Å². The Bertz CT molecular complexity index is 2090. The number of nitro benzene ring substituents is 1. The van der Waals surface area contributed by atoms with Gasteiger partial charge in [0.15, 0.2) is 4.80 Å². The Hall–Kier alpha value is -3.86. The summed E-state index contributed by atoms with van der Waals surface area (Å²) in [6.45, 7) is 0. The molecule has 202 valence electrons. The summed E-state index contributed by atoms with van der Waals surface area (Å²) in [5, 5.41) is 11.1. The van der Waals surface area contributed by atoms with Crippen molar-refractivity contribution < 1.29 is 9.34 Å². The maximum atomic E-state index is 14.0. The summed E-state index contributed by atoms with van der Waals surface area (Å²) < 4.78 is 9.92. The Morgan fingerprint density at radius 3 is 2.59 bits per heavy atom. The zero-order valence-corrected chi connectivity index (χ0v) is 25.2. The maximum Gasteiger partial charge on any atom is 0.271 e. The van der Waals surface area contributed by atoms with Crippen LogP contribution in [0.25, 0.3) is 23.1 Å². The molecule has 0 saturated heterocycles. The molecule has 1 atom stereocenters. The molecule has 0 N–H and O–H groups in total. The van der Waals surface area contributed by atoms with Crippen LogP contribution >= 0.6 is 43.2 Å². The quantitative estimate of drug-likeness (QED) is 0.150. The number of hydrogen-bond acceptors (Lipinski definition) is 6. The van der Waals surface area contributed by atoms with Crippen molar-refractivity contribution in [1.29, 1.82) is 0 Å². The summed E-state index contributed by atoms with van der Waals surface area (Å²) in [6, 6.07) is 24.3. The lowest BCUT2D eigenvalue weighted by molar-refractivity contribution is -0.384. The van der Waals surface area contributed by atoms with Crippen LogP contribution in [0, 0.1) is 10.1 Å². The van der Waals surface area contributed by atoms with Gasteiger partial charge in [0.05, 0.1) is 21.2 Å². The number of rotatable bonds is 4. The van der Waals surface area contributed by atoms with Crippen molar-refractivity contribution in [2.24, 2.45) is 4.99 Å². The zero-order valence-electron chi connectivity index (χ0n) is 21.2. The fraction of sp³-hybridized carbons (Fsp3) is 0.0968. The van der Waals surface area contributed by atoms with Crippen molar-refractivity contribution in [3.05, 3.63) is 146 Å². The molecule has 2 aliphatic rings. The minimum absolute atomic E-state index is 0.0147. The highest BCUT2D eigenvalue weighted by atomic mass is 79.9. The minimum Gasteiger partial charge on any atom is -0.457 e. The number of furan rings is 1. The van der Waals surface area contributed by atoms with Gasteiger partial charge in [-0.3, -0.25) is 19.5 Å². The van der Waals surface area contributed by atoms with Gasteiger partial charge in [0, 0.05) is 38.3 Å². The van der Waals surface area contributed by atoms with Gasteiger partial charge < -0.3 is 4.42 Å². The van der Waals surface area contributed by atoms with Crippen LogP contribution in [0.4, 0.5) is 5.69 Å². The molecule has 7 nitrogen and oxygen atoms in total. The third kappa shape index (κ3) is 4.56. The molecule has 1 aliphatic heterocycles. The van der Waals surface area contributed by atoms with Crippen LogP contribution in [0.2, 0.25) is 0 Å². The summed E-state index contributed by atoms with van der Waals surface area (Å²) in [5.41, 5.74) is 6.07. The van der Waals surface area contributed by atoms with E-state index in [9.17, 15) is 14.9 Å². The zero-order chi connectivity index (χ0) is 28.2. The minimum atomic E-state index is -0.445. The summed E-state index contributed by atoms with van der Waals surface area (Å²) in [7, 11) is 0. The van der Waals surface area contributed by atoms with Crippen LogP contribution < -0.4 is 14.9 Å². The molecule has 0 radical (unpaired) electrons. The second-order valence-corrected chi connectivity index (χ2v) is 12.6. The summed E-state index contributed by atoms with van der Waals surface area (Å²) >= 11 is 8.28. The Balaban J connectivity index is 1.36. The van der Waals surface area contributed by atoms with Gasteiger partial charge in [0.2, 0.25) is 0 Å². The van der Waals surface area contributed by atoms with E-state index in [4.69, 9.17) is 9.41 Å². The highest BCUT2D eigenvalue weighted by molar-refractivity contribution is 9.10. The number of nitrogens with zero attached hydrogens (tertiary/aromatic N) is 3. The molecule has 10 heteroatoms. The highest BCUT2D eigenvalue weighted by Gasteiger charge is 2.32. The summed E-state index contributed by atoms with van der Waals surface area (Å²) in [5.74, 6) is 1.04. The lowest BCUT2D eigenvalue weighted by atomic mass is 9.83. The number of halogens is 2. The van der Waals surface area contributed by atoms with Crippen LogP contribution in [-0.2, 0) is 6.42 Å². The number of fused-ring (bicyclic) bond motifs is 3. The van der Waals surface area contributed by atoms with Gasteiger partial charge in [-0.25, -0.2) is 4.99 Å². The molecule has 3 heterocycles. The van der Waals surface area contributed by atoms with Crippen LogP contribution in [0.5, 0.6) is 0 Å². The first kappa shape index (κ1) is 26.1. The molecule has 0 fully saturated rings. The first-order valence-electron chi connectivity index (χ1n) is 12.8. The molecule has 0 amide bonds. The standard InChI is InChI=1S/C31H19Br2N3O4S/c32-19-8-5-18(6-9-19)29-24-12-7-17-3-1-2-4-22(17)28(24)34-31-35(29)30(37)27(41-31)16-21-11-14-26(40-21)23-13-10-20(36(38)39)15-25(23)33/h1-6,8-11,13-16,29H,7,12H2/b27-16-/t29-/m0/s1. The predicted molar refractivity (Wildman–Crippen MR) is 165 cm³/mol. The number of nitro groups is 1. The van der Waals surface area contributed by atoms with E-state index in [1.807, 2.05) is 22.8 Å². The number of thiazole rings is 1. The van der Waals surface area contributed by atoms with E-state index in [2.05, 4.69) is 62.2 Å². The van der Waals surface area contributed by atoms with Gasteiger partial charge in [0.1, 0.15) is 11.5 Å². The Morgan fingerprint density at radius 1 is 1.00 bits per heavy atom. The normalized spacial score (nSPS) is 16.1. The van der Waals surface area contributed by atoms with Crippen LogP contribution in [0.15, 0.2) is 108 Å². The Kier molecular flexibility index (Phi) is 6.49. The number of allylic oxidation sites excluding steroid dienone is 1. The molecular formula is C31H19Br2N3O4S. The maximum absolute atomic E-state index is 14.0. The topological polar surface area (TPSA) is 90.6 Å². The molecule has 0 bridgehead atoms. The van der Waals surface area contributed by atoms with Gasteiger partial charge in [-0.2, -0.15) is 0 Å². The SMILES string of the molecule is O=c1/c(=C/c2ccc(-c3ccc([N+](=O)[O-])cc3Br)o2)sc2n1[C@@H](c1ccc(Br)cc1)C1=C(N=2)c2ccccc2CC1. The van der Waals surface area contributed by atoms with Gasteiger partial charge >= 0.3 is 0 Å². The Morgan fingerprint density at radius 2 is 1.80 bits per heavy atom. The number of hydrogen-bond donors (Lipinski definition) is 0. The first-order chi connectivity index (χ1) is 19.9. The number of benzene rings is 3. The van der Waals surface area contributed by atoms with Crippen molar-refractivity contribution in [3.8, 4) is 11.3 Å². The summed E-state index contributed by atoms with van der Waals surface area (Å²) in [6.07, 6.45) is 3.46. The fourth-order valence-corrected chi connectivity index (χ4v) is 7.30. The van der Waals surface area contributed by atoms with Crippen molar-refractivity contribution in [1.82, 2.24) is 4.57 Å². The first-order valence-corrected chi connectivity index (χ1v) is 15.2. The van der Waals surface area contributed by atoms with Gasteiger partial charge in [-0.1, -0.05) is 63.7 Å². The molecule has 2 aromatic heterocycles. The predicted octanol–water partition coefficient (Wildman–Crippen LogP) is 7.01. The van der Waals surface area contributed by atoms with Crippen molar-refractivity contribution in [2.45, 2.75) is 18.9 Å². The van der Waals surface area contributed by atoms with Crippen LogP contribution in [0.1, 0.15) is 34.9 Å². The largest absolute Gasteiger partial charge is 0.457 e. The molecule has 41 heavy (non-hydrogen) atoms. The Labute approximate surface area is 254 Å². The smallest absolute Gasteiger partial charge is 0.271 e. The van der Waals surface area contributed by atoms with E-state index < -0.39 is 4.92 Å². The molecule has 7 rings (SSSR count). The van der Waals surface area contributed by atoms with Crippen LogP contribution in [0.3, 0.4) is 0 Å². The third-order valence-electron chi connectivity index (χ3n) is 7.39. The average molecular weight is 689 g/mol. The molecule has 1 aliphatic carbocycles. The molecule has 3 aromatic carbocycles. The molecular weight excluding hydrogens is 670 g/mol. The van der Waals surface area contributed by atoms with E-state index in [0.29, 0.717) is 30.9 Å². The van der Waals surface area contributed by atoms with E-state index >= 15 is 0 Å². The summed E-state index contributed by atoms with van der Waals surface area (Å²) in [4.78, 5) is 30.3. The number of non-ortho nitro benzene ring substituents is 1. The van der Waals surface area contributed by atoms with Crippen molar-refractivity contribution in [2.75, 3.05) is 0 Å². The van der Waals surface area contributed by atoms with Gasteiger partial charge in [-0.05, 0) is 75.8 Å². The average Bonchev–Trinajstić information content (AvgIpc) is 3.56. The van der Waals surface area contributed by atoms with Crippen LogP contribution in [-0.4, -0.2) is 9.49 Å². The van der Waals surface area contributed by atoms with Crippen molar-refractivity contribution in [3.63, 3.8) is 0 Å². The van der Waals surface area contributed by atoms with Gasteiger partial charge in [-0.15, -0.1) is 0 Å². The second kappa shape index (κ2) is 10.2. The molecule has 0 saturated carbocycles. The number of aromatic nitrogens is 1. The third-order valence-corrected chi connectivity index (χ3v) is 9.56. The molecule has 5 aromatic rings.